The van der Waals surface area contributed by atoms with E-state index >= 15 is 0 Å². The Labute approximate surface area is 177 Å². The van der Waals surface area contributed by atoms with E-state index in [2.05, 4.69) is 36.3 Å². The predicted molar refractivity (Wildman–Crippen MR) is 116 cm³/mol. The summed E-state index contributed by atoms with van der Waals surface area (Å²) in [6, 6.07) is 2.01. The first-order valence-corrected chi connectivity index (χ1v) is 10.6. The third-order valence-electron chi connectivity index (χ3n) is 4.49. The number of hydrogen-bond donors (Lipinski definition) is 4. The Balaban J connectivity index is 1.69. The highest BCUT2D eigenvalue weighted by Gasteiger charge is 2.26. The molecule has 30 heavy (non-hydrogen) atoms. The van der Waals surface area contributed by atoms with Gasteiger partial charge in [0.15, 0.2) is 22.9 Å². The van der Waals surface area contributed by atoms with E-state index < -0.39 is 0 Å². The molecular formula is C19H24N8O2S. The highest BCUT2D eigenvalue weighted by Crippen LogP contribution is 2.29. The Morgan fingerprint density at radius 1 is 1.27 bits per heavy atom. The van der Waals surface area contributed by atoms with Gasteiger partial charge in [-0.2, -0.15) is 0 Å². The molecule has 158 valence electrons. The minimum atomic E-state index is -0.251. The van der Waals surface area contributed by atoms with Crippen molar-refractivity contribution in [2.45, 2.75) is 45.7 Å². The fourth-order valence-corrected chi connectivity index (χ4v) is 3.79. The number of fused-ring (bicyclic) bond motifs is 1. The number of hydrogen-bond acceptors (Lipinski definition) is 8. The zero-order valence-electron chi connectivity index (χ0n) is 17.2. The smallest absolute Gasteiger partial charge is 0.273 e. The fraction of sp³-hybridized carbons (Fsp3) is 0.421. The van der Waals surface area contributed by atoms with Crippen molar-refractivity contribution in [3.63, 3.8) is 0 Å². The molecule has 0 atom stereocenters. The van der Waals surface area contributed by atoms with Crippen molar-refractivity contribution in [2.75, 3.05) is 17.7 Å². The summed E-state index contributed by atoms with van der Waals surface area (Å²) in [7, 11) is 1.77. The summed E-state index contributed by atoms with van der Waals surface area (Å²) >= 11 is 1.37. The average Bonchev–Trinajstić information content (AvgIpc) is 3.26. The van der Waals surface area contributed by atoms with Crippen molar-refractivity contribution in [1.82, 2.24) is 30.2 Å². The van der Waals surface area contributed by atoms with Crippen LogP contribution in [0.1, 0.15) is 52.7 Å². The number of carbonyl (C=O) groups excluding carboxylic acids is 2. The summed E-state index contributed by atoms with van der Waals surface area (Å²) in [4.78, 5) is 33.8. The van der Waals surface area contributed by atoms with Crippen molar-refractivity contribution in [2.24, 2.45) is 0 Å². The van der Waals surface area contributed by atoms with E-state index in [0.29, 0.717) is 33.5 Å². The van der Waals surface area contributed by atoms with Crippen molar-refractivity contribution in [3.8, 4) is 0 Å². The molecule has 0 bridgehead atoms. The Morgan fingerprint density at radius 2 is 2.03 bits per heavy atom. The number of aromatic nitrogens is 4. The summed E-state index contributed by atoms with van der Waals surface area (Å²) in [5, 5.41) is 18.0. The maximum absolute atomic E-state index is 12.6. The molecule has 0 spiro atoms. The maximum Gasteiger partial charge on any atom is 0.273 e. The monoisotopic (exact) mass is 428 g/mol. The Bertz CT molecular complexity index is 1120. The van der Waals surface area contributed by atoms with E-state index in [9.17, 15) is 9.59 Å². The number of amides is 2. The van der Waals surface area contributed by atoms with Gasteiger partial charge < -0.3 is 21.3 Å². The molecule has 3 aromatic rings. The molecule has 0 aliphatic heterocycles. The van der Waals surface area contributed by atoms with Crippen molar-refractivity contribution >= 4 is 45.3 Å². The van der Waals surface area contributed by atoms with E-state index in [1.54, 1.807) is 13.1 Å². The normalized spacial score (nSPS) is 13.5. The molecule has 1 saturated carbocycles. The largest absolute Gasteiger partial charge is 0.385 e. The third-order valence-corrected chi connectivity index (χ3v) is 5.38. The number of imidazole rings is 1. The third kappa shape index (κ3) is 4.06. The molecule has 1 aliphatic carbocycles. The summed E-state index contributed by atoms with van der Waals surface area (Å²) in [5.74, 6) is 0.00815. The van der Waals surface area contributed by atoms with Crippen LogP contribution >= 0.6 is 11.3 Å². The second-order valence-corrected chi connectivity index (χ2v) is 8.69. The van der Waals surface area contributed by atoms with Crippen LogP contribution in [0.25, 0.3) is 5.65 Å². The molecule has 3 heterocycles. The summed E-state index contributed by atoms with van der Waals surface area (Å²) < 4.78 is 1.51. The molecule has 4 N–H and O–H groups in total. The van der Waals surface area contributed by atoms with E-state index in [1.165, 1.54) is 22.0 Å². The van der Waals surface area contributed by atoms with Crippen LogP contribution in [-0.2, 0) is 0 Å². The van der Waals surface area contributed by atoms with Gasteiger partial charge in [-0.15, -0.1) is 16.4 Å². The lowest BCUT2D eigenvalue weighted by atomic mass is 10.3. The topological polar surface area (TPSA) is 125 Å². The highest BCUT2D eigenvalue weighted by molar-refractivity contribution is 7.16. The second kappa shape index (κ2) is 7.90. The van der Waals surface area contributed by atoms with Gasteiger partial charge in [0.05, 0.1) is 16.9 Å². The van der Waals surface area contributed by atoms with Crippen LogP contribution in [0.3, 0.4) is 0 Å². The number of nitrogens with one attached hydrogen (secondary N) is 4. The van der Waals surface area contributed by atoms with Crippen LogP contribution in [0, 0.1) is 6.92 Å². The van der Waals surface area contributed by atoms with Gasteiger partial charge in [0, 0.05) is 25.2 Å². The second-order valence-electron chi connectivity index (χ2n) is 7.48. The predicted octanol–water partition coefficient (Wildman–Crippen LogP) is 2.31. The summed E-state index contributed by atoms with van der Waals surface area (Å²) in [6.45, 7) is 5.63. The lowest BCUT2D eigenvalue weighted by molar-refractivity contribution is 0.0933. The zero-order chi connectivity index (χ0) is 21.4. The molecular weight excluding hydrogens is 404 g/mol. The SMILES string of the molecule is CNc1cc(Nc2sc(C)nc2C(=O)NC(C)C)nn2c(C(=O)NC3CC3)cnc12. The van der Waals surface area contributed by atoms with Gasteiger partial charge >= 0.3 is 0 Å². The first kappa shape index (κ1) is 20.1. The molecule has 4 rings (SSSR count). The minimum absolute atomic E-state index is 0.00351. The molecule has 1 aliphatic rings. The van der Waals surface area contributed by atoms with Gasteiger partial charge in [-0.25, -0.2) is 14.5 Å². The van der Waals surface area contributed by atoms with Gasteiger partial charge in [0.25, 0.3) is 11.8 Å². The van der Waals surface area contributed by atoms with Crippen LogP contribution in [-0.4, -0.2) is 50.5 Å². The zero-order valence-corrected chi connectivity index (χ0v) is 18.1. The molecule has 0 unspecified atom stereocenters. The number of carbonyl (C=O) groups is 2. The number of thiazole rings is 1. The van der Waals surface area contributed by atoms with E-state index in [0.717, 1.165) is 17.8 Å². The van der Waals surface area contributed by atoms with Crippen LogP contribution in [0.2, 0.25) is 0 Å². The van der Waals surface area contributed by atoms with Gasteiger partial charge in [0.1, 0.15) is 5.00 Å². The molecule has 0 saturated heterocycles. The Kier molecular flexibility index (Phi) is 5.29. The first-order valence-electron chi connectivity index (χ1n) is 9.78. The van der Waals surface area contributed by atoms with Gasteiger partial charge in [-0.1, -0.05) is 0 Å². The van der Waals surface area contributed by atoms with E-state index in [-0.39, 0.29) is 23.9 Å². The fourth-order valence-electron chi connectivity index (χ4n) is 2.97. The molecule has 11 heteroatoms. The molecule has 0 radical (unpaired) electrons. The summed E-state index contributed by atoms with van der Waals surface area (Å²) in [5.41, 5.74) is 1.92. The molecule has 1 fully saturated rings. The van der Waals surface area contributed by atoms with E-state index in [1.807, 2.05) is 20.8 Å². The molecule has 3 aromatic heterocycles. The molecule has 0 aromatic carbocycles. The average molecular weight is 429 g/mol. The standard InChI is InChI=1S/C19H24N8O2S/c1-9(2)22-18(29)15-19(30-10(3)23-15)25-14-7-12(20-4)16-21-8-13(27(16)26-14)17(28)24-11-5-6-11/h7-9,11,20H,5-6H2,1-4H3,(H,22,29)(H,24,28)(H,25,26). The van der Waals surface area contributed by atoms with Crippen molar-refractivity contribution in [3.05, 3.63) is 28.7 Å². The van der Waals surface area contributed by atoms with Gasteiger partial charge in [0.2, 0.25) is 0 Å². The Morgan fingerprint density at radius 3 is 2.70 bits per heavy atom. The first-order chi connectivity index (χ1) is 14.4. The number of nitrogens with zero attached hydrogens (tertiary/aromatic N) is 4. The molecule has 2 amide bonds. The van der Waals surface area contributed by atoms with Crippen LogP contribution < -0.4 is 21.3 Å². The lowest BCUT2D eigenvalue weighted by Crippen LogP contribution is -2.30. The molecule has 10 nitrogen and oxygen atoms in total. The van der Waals surface area contributed by atoms with E-state index in [4.69, 9.17) is 0 Å². The Hall–Kier alpha value is -3.21. The quantitative estimate of drug-likeness (QED) is 0.455. The number of anilines is 3. The van der Waals surface area contributed by atoms with Crippen LogP contribution in [0.15, 0.2) is 12.3 Å². The van der Waals surface area contributed by atoms with Crippen molar-refractivity contribution < 1.29 is 9.59 Å². The lowest BCUT2D eigenvalue weighted by Gasteiger charge is -2.11. The van der Waals surface area contributed by atoms with Crippen LogP contribution in [0.5, 0.6) is 0 Å². The van der Waals surface area contributed by atoms with Gasteiger partial charge in [-0.05, 0) is 33.6 Å². The van der Waals surface area contributed by atoms with Gasteiger partial charge in [-0.3, -0.25) is 9.59 Å². The highest BCUT2D eigenvalue weighted by atomic mass is 32.1. The summed E-state index contributed by atoms with van der Waals surface area (Å²) in [6.07, 6.45) is 3.51. The number of aryl methyl sites for hydroxylation is 1. The minimum Gasteiger partial charge on any atom is -0.385 e. The van der Waals surface area contributed by atoms with Crippen LogP contribution in [0.4, 0.5) is 16.5 Å². The maximum atomic E-state index is 12.6. The number of rotatable bonds is 7. The van der Waals surface area contributed by atoms with Crippen molar-refractivity contribution in [1.29, 1.82) is 0 Å².